The van der Waals surface area contributed by atoms with Crippen molar-refractivity contribution in [3.05, 3.63) is 24.0 Å². The molecule has 0 radical (unpaired) electrons. The van der Waals surface area contributed by atoms with E-state index in [-0.39, 0.29) is 0 Å². The SMILES string of the molecule is c1cnnc(CNC2CCCC23CCOCC3)c1. The first kappa shape index (κ1) is 12.1. The van der Waals surface area contributed by atoms with E-state index in [0.717, 1.165) is 25.5 Å². The lowest BCUT2D eigenvalue weighted by atomic mass is 9.75. The van der Waals surface area contributed by atoms with E-state index in [1.807, 2.05) is 12.1 Å². The topological polar surface area (TPSA) is 47.0 Å². The molecule has 1 saturated carbocycles. The molecule has 1 atom stereocenters. The van der Waals surface area contributed by atoms with Gasteiger partial charge in [0.15, 0.2) is 0 Å². The van der Waals surface area contributed by atoms with Gasteiger partial charge < -0.3 is 10.1 Å². The number of nitrogens with zero attached hydrogens (tertiary/aromatic N) is 2. The quantitative estimate of drug-likeness (QED) is 0.886. The van der Waals surface area contributed by atoms with Crippen LogP contribution in [0.25, 0.3) is 0 Å². The fraction of sp³-hybridized carbons (Fsp3) is 0.714. The second-order valence-corrected chi connectivity index (χ2v) is 5.52. The van der Waals surface area contributed by atoms with Crippen LogP contribution < -0.4 is 5.32 Å². The molecule has 2 fully saturated rings. The summed E-state index contributed by atoms with van der Waals surface area (Å²) in [5.41, 5.74) is 1.52. The minimum Gasteiger partial charge on any atom is -0.381 e. The van der Waals surface area contributed by atoms with Crippen LogP contribution in [0.3, 0.4) is 0 Å². The van der Waals surface area contributed by atoms with Crippen molar-refractivity contribution in [2.75, 3.05) is 13.2 Å². The Balaban J connectivity index is 1.61. The summed E-state index contributed by atoms with van der Waals surface area (Å²) < 4.78 is 5.52. The minimum absolute atomic E-state index is 0.487. The van der Waals surface area contributed by atoms with Crippen LogP contribution >= 0.6 is 0 Å². The molecule has 98 valence electrons. The molecule has 1 aliphatic heterocycles. The Hall–Kier alpha value is -1.00. The Morgan fingerprint density at radius 2 is 2.22 bits per heavy atom. The molecule has 1 spiro atoms. The van der Waals surface area contributed by atoms with E-state index < -0.39 is 0 Å². The number of ether oxygens (including phenoxy) is 1. The van der Waals surface area contributed by atoms with Crippen LogP contribution in [0, 0.1) is 5.41 Å². The highest BCUT2D eigenvalue weighted by molar-refractivity contribution is 5.02. The smallest absolute Gasteiger partial charge is 0.0769 e. The normalized spacial score (nSPS) is 26.6. The van der Waals surface area contributed by atoms with Crippen molar-refractivity contribution in [1.29, 1.82) is 0 Å². The van der Waals surface area contributed by atoms with Gasteiger partial charge >= 0.3 is 0 Å². The van der Waals surface area contributed by atoms with Gasteiger partial charge in [-0.15, -0.1) is 0 Å². The highest BCUT2D eigenvalue weighted by Gasteiger charge is 2.43. The molecule has 0 bridgehead atoms. The molecule has 4 heteroatoms. The van der Waals surface area contributed by atoms with Gasteiger partial charge in [-0.05, 0) is 43.2 Å². The average Bonchev–Trinajstić information content (AvgIpc) is 2.81. The van der Waals surface area contributed by atoms with E-state index in [1.165, 1.54) is 32.1 Å². The molecule has 18 heavy (non-hydrogen) atoms. The average molecular weight is 247 g/mol. The largest absolute Gasteiger partial charge is 0.381 e. The molecule has 1 unspecified atom stereocenters. The number of hydrogen-bond acceptors (Lipinski definition) is 4. The third-order valence-corrected chi connectivity index (χ3v) is 4.55. The van der Waals surface area contributed by atoms with Crippen LogP contribution in [-0.4, -0.2) is 29.5 Å². The summed E-state index contributed by atoms with van der Waals surface area (Å²) in [6, 6.07) is 4.61. The summed E-state index contributed by atoms with van der Waals surface area (Å²) in [6.07, 6.45) is 8.14. The molecule has 1 aromatic heterocycles. The predicted molar refractivity (Wildman–Crippen MR) is 69.0 cm³/mol. The lowest BCUT2D eigenvalue weighted by molar-refractivity contribution is 0.00409. The van der Waals surface area contributed by atoms with Crippen molar-refractivity contribution < 1.29 is 4.74 Å². The van der Waals surface area contributed by atoms with Gasteiger partial charge in [-0.3, -0.25) is 0 Å². The van der Waals surface area contributed by atoms with Gasteiger partial charge in [-0.25, -0.2) is 0 Å². The van der Waals surface area contributed by atoms with Gasteiger partial charge in [0.25, 0.3) is 0 Å². The lowest BCUT2D eigenvalue weighted by Crippen LogP contribution is -2.44. The van der Waals surface area contributed by atoms with Crippen LogP contribution in [0.15, 0.2) is 18.3 Å². The van der Waals surface area contributed by atoms with Crippen molar-refractivity contribution >= 4 is 0 Å². The molecule has 1 aromatic rings. The monoisotopic (exact) mass is 247 g/mol. The van der Waals surface area contributed by atoms with Crippen molar-refractivity contribution in [3.63, 3.8) is 0 Å². The Bertz CT molecular complexity index is 376. The molecular formula is C14H21N3O. The Labute approximate surface area is 108 Å². The molecule has 0 amide bonds. The molecule has 2 heterocycles. The number of hydrogen-bond donors (Lipinski definition) is 1. The molecule has 3 rings (SSSR count). The van der Waals surface area contributed by atoms with E-state index in [4.69, 9.17) is 4.74 Å². The van der Waals surface area contributed by atoms with Crippen molar-refractivity contribution in [3.8, 4) is 0 Å². The van der Waals surface area contributed by atoms with E-state index >= 15 is 0 Å². The molecule has 0 aromatic carbocycles. The summed E-state index contributed by atoms with van der Waals surface area (Å²) in [6.45, 7) is 2.70. The summed E-state index contributed by atoms with van der Waals surface area (Å²) in [4.78, 5) is 0. The van der Waals surface area contributed by atoms with E-state index in [2.05, 4.69) is 15.5 Å². The summed E-state index contributed by atoms with van der Waals surface area (Å²) in [5.74, 6) is 0. The van der Waals surface area contributed by atoms with Crippen molar-refractivity contribution in [2.45, 2.75) is 44.7 Å². The summed E-state index contributed by atoms with van der Waals surface area (Å²) >= 11 is 0. The predicted octanol–water partition coefficient (Wildman–Crippen LogP) is 1.92. The van der Waals surface area contributed by atoms with Crippen LogP contribution in [0.2, 0.25) is 0 Å². The molecule has 1 aliphatic carbocycles. The number of nitrogens with one attached hydrogen (secondary N) is 1. The fourth-order valence-corrected chi connectivity index (χ4v) is 3.49. The standard InChI is InChI=1S/C14H21N3O/c1-4-13(14(5-1)6-9-18-10-7-14)15-11-12-3-2-8-16-17-12/h2-3,8,13,15H,1,4-7,9-11H2. The highest BCUT2D eigenvalue weighted by atomic mass is 16.5. The molecule has 2 aliphatic rings. The second kappa shape index (κ2) is 5.33. The van der Waals surface area contributed by atoms with Crippen LogP contribution in [0.1, 0.15) is 37.8 Å². The van der Waals surface area contributed by atoms with Crippen molar-refractivity contribution in [1.82, 2.24) is 15.5 Å². The van der Waals surface area contributed by atoms with Gasteiger partial charge in [0.2, 0.25) is 0 Å². The zero-order chi connectivity index (χ0) is 12.3. The third kappa shape index (κ3) is 2.40. The van der Waals surface area contributed by atoms with Gasteiger partial charge in [0, 0.05) is 32.0 Å². The highest BCUT2D eigenvalue weighted by Crippen LogP contribution is 2.45. The maximum atomic E-state index is 5.52. The van der Waals surface area contributed by atoms with Crippen molar-refractivity contribution in [2.24, 2.45) is 5.41 Å². The zero-order valence-electron chi connectivity index (χ0n) is 10.8. The summed E-state index contributed by atoms with van der Waals surface area (Å²) in [7, 11) is 0. The van der Waals surface area contributed by atoms with Crippen LogP contribution in [-0.2, 0) is 11.3 Å². The van der Waals surface area contributed by atoms with E-state index in [0.29, 0.717) is 11.5 Å². The first-order chi connectivity index (χ1) is 8.89. The minimum atomic E-state index is 0.487. The van der Waals surface area contributed by atoms with E-state index in [1.54, 1.807) is 6.20 Å². The van der Waals surface area contributed by atoms with Gasteiger partial charge in [-0.1, -0.05) is 6.42 Å². The molecule has 1 saturated heterocycles. The Morgan fingerprint density at radius 1 is 1.33 bits per heavy atom. The van der Waals surface area contributed by atoms with Crippen LogP contribution in [0.5, 0.6) is 0 Å². The third-order valence-electron chi connectivity index (χ3n) is 4.55. The lowest BCUT2D eigenvalue weighted by Gasteiger charge is -2.39. The Morgan fingerprint density at radius 3 is 3.00 bits per heavy atom. The fourth-order valence-electron chi connectivity index (χ4n) is 3.49. The van der Waals surface area contributed by atoms with E-state index in [9.17, 15) is 0 Å². The maximum Gasteiger partial charge on any atom is 0.0769 e. The van der Waals surface area contributed by atoms with Crippen LogP contribution in [0.4, 0.5) is 0 Å². The second-order valence-electron chi connectivity index (χ2n) is 5.52. The molecule has 1 N–H and O–H groups in total. The Kier molecular flexibility index (Phi) is 3.57. The van der Waals surface area contributed by atoms with Gasteiger partial charge in [0.05, 0.1) is 5.69 Å². The summed E-state index contributed by atoms with van der Waals surface area (Å²) in [5, 5.41) is 11.8. The first-order valence-corrected chi connectivity index (χ1v) is 6.97. The molecule has 4 nitrogen and oxygen atoms in total. The molecular weight excluding hydrogens is 226 g/mol. The number of aromatic nitrogens is 2. The maximum absolute atomic E-state index is 5.52. The number of rotatable bonds is 3. The van der Waals surface area contributed by atoms with Gasteiger partial charge in [-0.2, -0.15) is 10.2 Å². The zero-order valence-corrected chi connectivity index (χ0v) is 10.8. The first-order valence-electron chi connectivity index (χ1n) is 6.97. The van der Waals surface area contributed by atoms with Gasteiger partial charge in [0.1, 0.15) is 0 Å².